The summed E-state index contributed by atoms with van der Waals surface area (Å²) in [6, 6.07) is 10.3. The first-order valence-corrected chi connectivity index (χ1v) is 11.5. The van der Waals surface area contributed by atoms with Crippen molar-refractivity contribution in [1.82, 2.24) is 4.31 Å². The molecule has 0 atom stereocenters. The molecule has 0 unspecified atom stereocenters. The molecule has 0 bridgehead atoms. The first kappa shape index (κ1) is 22.1. The fourth-order valence-corrected chi connectivity index (χ4v) is 5.14. The van der Waals surface area contributed by atoms with E-state index in [4.69, 9.17) is 23.2 Å². The van der Waals surface area contributed by atoms with Gasteiger partial charge in [-0.15, -0.1) is 0 Å². The quantitative estimate of drug-likeness (QED) is 0.723. The third-order valence-corrected chi connectivity index (χ3v) is 7.90. The number of piperazine rings is 1. The summed E-state index contributed by atoms with van der Waals surface area (Å²) < 4.78 is 27.3. The minimum absolute atomic E-state index is 0.186. The average molecular weight is 457 g/mol. The van der Waals surface area contributed by atoms with Gasteiger partial charge in [0.2, 0.25) is 10.0 Å². The number of carbonyl (C=O) groups is 1. The molecule has 2 aromatic carbocycles. The van der Waals surface area contributed by atoms with Crippen molar-refractivity contribution in [3.8, 4) is 0 Å². The van der Waals surface area contributed by atoms with Crippen LogP contribution in [0.4, 0.5) is 5.69 Å². The fourth-order valence-electron chi connectivity index (χ4n) is 3.26. The Kier molecular flexibility index (Phi) is 6.86. The predicted octanol–water partition coefficient (Wildman–Crippen LogP) is 2.14. The molecule has 1 saturated heterocycles. The molecule has 9 heteroatoms. The Morgan fingerprint density at radius 1 is 1.10 bits per heavy atom. The van der Waals surface area contributed by atoms with Crippen molar-refractivity contribution in [2.45, 2.75) is 18.7 Å². The summed E-state index contributed by atoms with van der Waals surface area (Å²) in [4.78, 5) is 13.7. The molecule has 1 fully saturated rings. The SMILES string of the molecule is Cc1ccc(S(=O)(=O)N2CC[NH+](CC(=O)Nc3cccc(Cl)c3Cl)CC2)cc1C. The zero-order chi connectivity index (χ0) is 21.2. The van der Waals surface area contributed by atoms with Crippen molar-refractivity contribution in [3.63, 3.8) is 0 Å². The van der Waals surface area contributed by atoms with Crippen LogP contribution in [0.1, 0.15) is 11.1 Å². The van der Waals surface area contributed by atoms with Crippen molar-refractivity contribution >= 4 is 44.8 Å². The number of nitrogens with zero attached hydrogens (tertiary/aromatic N) is 1. The van der Waals surface area contributed by atoms with E-state index in [0.29, 0.717) is 46.8 Å². The number of hydrogen-bond acceptors (Lipinski definition) is 3. The van der Waals surface area contributed by atoms with Crippen LogP contribution in [0, 0.1) is 13.8 Å². The highest BCUT2D eigenvalue weighted by molar-refractivity contribution is 7.89. The fraction of sp³-hybridized carbons (Fsp3) is 0.350. The number of hydrogen-bond donors (Lipinski definition) is 2. The summed E-state index contributed by atoms with van der Waals surface area (Å²) in [6.07, 6.45) is 0. The van der Waals surface area contributed by atoms with E-state index in [1.807, 2.05) is 19.9 Å². The maximum atomic E-state index is 12.9. The van der Waals surface area contributed by atoms with Gasteiger partial charge in [0.15, 0.2) is 6.54 Å². The van der Waals surface area contributed by atoms with Gasteiger partial charge in [-0.3, -0.25) is 4.79 Å². The number of benzene rings is 2. The number of halogens is 2. The second-order valence-electron chi connectivity index (χ2n) is 7.23. The molecule has 1 amide bonds. The largest absolute Gasteiger partial charge is 0.325 e. The molecule has 0 saturated carbocycles. The van der Waals surface area contributed by atoms with Crippen molar-refractivity contribution in [2.75, 3.05) is 38.0 Å². The topological polar surface area (TPSA) is 70.9 Å². The van der Waals surface area contributed by atoms with Crippen LogP contribution < -0.4 is 10.2 Å². The van der Waals surface area contributed by atoms with Gasteiger partial charge in [-0.25, -0.2) is 8.42 Å². The van der Waals surface area contributed by atoms with Gasteiger partial charge in [-0.1, -0.05) is 35.3 Å². The van der Waals surface area contributed by atoms with E-state index in [9.17, 15) is 13.2 Å². The number of aryl methyl sites for hydroxylation is 2. The van der Waals surface area contributed by atoms with Gasteiger partial charge in [0.05, 0.1) is 46.8 Å². The summed E-state index contributed by atoms with van der Waals surface area (Å²) in [6.45, 7) is 5.95. The molecule has 1 aliphatic heterocycles. The minimum Gasteiger partial charge on any atom is -0.325 e. The molecule has 6 nitrogen and oxygen atoms in total. The Bertz CT molecular complexity index is 1020. The highest BCUT2D eigenvalue weighted by Gasteiger charge is 2.31. The summed E-state index contributed by atoms with van der Waals surface area (Å²) in [5, 5.41) is 3.45. The maximum absolute atomic E-state index is 12.9. The molecule has 1 aliphatic rings. The molecule has 1 heterocycles. The van der Waals surface area contributed by atoms with E-state index in [0.717, 1.165) is 16.0 Å². The third-order valence-electron chi connectivity index (χ3n) is 5.18. The van der Waals surface area contributed by atoms with E-state index in [1.54, 1.807) is 30.3 Å². The number of sulfonamides is 1. The van der Waals surface area contributed by atoms with Crippen LogP contribution in [0.2, 0.25) is 10.0 Å². The van der Waals surface area contributed by atoms with Crippen molar-refractivity contribution in [1.29, 1.82) is 0 Å². The van der Waals surface area contributed by atoms with E-state index >= 15 is 0 Å². The van der Waals surface area contributed by atoms with E-state index in [1.165, 1.54) is 4.31 Å². The second kappa shape index (κ2) is 9.02. The Balaban J connectivity index is 1.58. The molecule has 0 aromatic heterocycles. The molecule has 0 radical (unpaired) electrons. The van der Waals surface area contributed by atoms with Crippen LogP contribution in [-0.2, 0) is 14.8 Å². The maximum Gasteiger partial charge on any atom is 0.279 e. The second-order valence-corrected chi connectivity index (χ2v) is 9.95. The summed E-state index contributed by atoms with van der Waals surface area (Å²) in [5.74, 6) is -0.186. The zero-order valence-electron chi connectivity index (χ0n) is 16.3. The summed E-state index contributed by atoms with van der Waals surface area (Å²) >= 11 is 12.1. The van der Waals surface area contributed by atoms with Crippen molar-refractivity contribution in [2.24, 2.45) is 0 Å². The number of quaternary nitrogens is 1. The van der Waals surface area contributed by atoms with Crippen LogP contribution in [0.25, 0.3) is 0 Å². The van der Waals surface area contributed by atoms with Gasteiger partial charge < -0.3 is 10.2 Å². The van der Waals surface area contributed by atoms with Gasteiger partial charge in [-0.05, 0) is 49.2 Å². The summed E-state index contributed by atoms with van der Waals surface area (Å²) in [5.41, 5.74) is 2.48. The van der Waals surface area contributed by atoms with E-state index in [2.05, 4.69) is 5.32 Å². The smallest absolute Gasteiger partial charge is 0.279 e. The molecule has 2 N–H and O–H groups in total. The van der Waals surface area contributed by atoms with Crippen LogP contribution in [0.5, 0.6) is 0 Å². The van der Waals surface area contributed by atoms with Crippen molar-refractivity contribution in [3.05, 3.63) is 57.6 Å². The lowest BCUT2D eigenvalue weighted by Gasteiger charge is -2.31. The molecule has 0 aliphatic carbocycles. The van der Waals surface area contributed by atoms with Gasteiger partial charge in [0.25, 0.3) is 5.91 Å². The standard InChI is InChI=1S/C20H23Cl2N3O3S/c1-14-6-7-16(12-15(14)2)29(27,28)25-10-8-24(9-11-25)13-19(26)23-18-5-3-4-17(21)20(18)22/h3-7,12H,8-11,13H2,1-2H3,(H,23,26)/p+1. The molecular weight excluding hydrogens is 433 g/mol. The zero-order valence-corrected chi connectivity index (χ0v) is 18.7. The Morgan fingerprint density at radius 2 is 1.79 bits per heavy atom. The molecule has 29 heavy (non-hydrogen) atoms. The van der Waals surface area contributed by atoms with Crippen LogP contribution in [0.3, 0.4) is 0 Å². The molecule has 2 aromatic rings. The molecule has 156 valence electrons. The minimum atomic E-state index is -3.52. The lowest BCUT2D eigenvalue weighted by molar-refractivity contribution is -0.895. The number of nitrogens with one attached hydrogen (secondary N) is 2. The van der Waals surface area contributed by atoms with Crippen LogP contribution in [0.15, 0.2) is 41.3 Å². The number of anilines is 1. The number of rotatable bonds is 5. The van der Waals surface area contributed by atoms with Gasteiger partial charge in [0, 0.05) is 0 Å². The predicted molar refractivity (Wildman–Crippen MR) is 115 cm³/mol. The van der Waals surface area contributed by atoms with Gasteiger partial charge >= 0.3 is 0 Å². The normalized spacial score (nSPS) is 16.0. The van der Waals surface area contributed by atoms with Crippen LogP contribution in [-0.4, -0.2) is 51.4 Å². The first-order valence-electron chi connectivity index (χ1n) is 9.33. The van der Waals surface area contributed by atoms with Gasteiger partial charge in [-0.2, -0.15) is 4.31 Å². The monoisotopic (exact) mass is 456 g/mol. The summed E-state index contributed by atoms with van der Waals surface area (Å²) in [7, 11) is -3.52. The number of carbonyl (C=O) groups excluding carboxylic acids is 1. The Labute approximate surface area is 181 Å². The lowest BCUT2D eigenvalue weighted by Crippen LogP contribution is -3.15. The highest BCUT2D eigenvalue weighted by atomic mass is 35.5. The average Bonchev–Trinajstić information content (AvgIpc) is 2.68. The Hall–Kier alpha value is -1.64. The molecular formula is C20H24Cl2N3O3S+. The molecule has 3 rings (SSSR count). The third kappa shape index (κ3) is 5.10. The Morgan fingerprint density at radius 3 is 2.45 bits per heavy atom. The van der Waals surface area contributed by atoms with E-state index in [-0.39, 0.29) is 12.5 Å². The van der Waals surface area contributed by atoms with Gasteiger partial charge in [0.1, 0.15) is 0 Å². The first-order chi connectivity index (χ1) is 13.7. The van der Waals surface area contributed by atoms with E-state index < -0.39 is 10.0 Å². The molecule has 0 spiro atoms. The van der Waals surface area contributed by atoms with Crippen LogP contribution >= 0.6 is 23.2 Å². The lowest BCUT2D eigenvalue weighted by atomic mass is 10.1. The van der Waals surface area contributed by atoms with Crippen molar-refractivity contribution < 1.29 is 18.1 Å². The highest BCUT2D eigenvalue weighted by Crippen LogP contribution is 2.29. The number of amides is 1.